The fourth-order valence-electron chi connectivity index (χ4n) is 2.29. The summed E-state index contributed by atoms with van der Waals surface area (Å²) in [7, 11) is 0. The molecular formula is C14H21N3O. The quantitative estimate of drug-likeness (QED) is 0.796. The second-order valence-electron chi connectivity index (χ2n) is 4.79. The van der Waals surface area contributed by atoms with Crippen LogP contribution in [0.15, 0.2) is 24.5 Å². The summed E-state index contributed by atoms with van der Waals surface area (Å²) in [4.78, 5) is 15.7. The molecule has 4 nitrogen and oxygen atoms in total. The van der Waals surface area contributed by atoms with Gasteiger partial charge in [-0.15, -0.1) is 0 Å². The lowest BCUT2D eigenvalue weighted by atomic mass is 10.1. The first-order valence-corrected chi connectivity index (χ1v) is 6.73. The third kappa shape index (κ3) is 4.45. The van der Waals surface area contributed by atoms with Crippen molar-refractivity contribution in [2.45, 2.75) is 38.1 Å². The Balaban J connectivity index is 1.57. The number of carbonyl (C=O) groups excluding carboxylic acids is 1. The molecule has 0 aliphatic carbocycles. The van der Waals surface area contributed by atoms with Gasteiger partial charge in [-0.25, -0.2) is 0 Å². The molecule has 0 saturated carbocycles. The molecule has 1 atom stereocenters. The molecule has 1 aliphatic heterocycles. The maximum Gasteiger partial charge on any atom is 0.220 e. The summed E-state index contributed by atoms with van der Waals surface area (Å²) in [6.45, 7) is 1.80. The number of carbonyl (C=O) groups is 1. The number of hydrogen-bond donors (Lipinski definition) is 2. The van der Waals surface area contributed by atoms with Crippen LogP contribution >= 0.6 is 0 Å². The Labute approximate surface area is 108 Å². The van der Waals surface area contributed by atoms with Gasteiger partial charge in [0.2, 0.25) is 5.91 Å². The minimum absolute atomic E-state index is 0.160. The number of amides is 1. The Kier molecular flexibility index (Phi) is 5.15. The van der Waals surface area contributed by atoms with Crippen LogP contribution in [0.4, 0.5) is 0 Å². The van der Waals surface area contributed by atoms with Crippen molar-refractivity contribution in [2.24, 2.45) is 0 Å². The molecule has 1 amide bonds. The molecule has 0 radical (unpaired) electrons. The number of nitrogens with one attached hydrogen (secondary N) is 2. The third-order valence-electron chi connectivity index (χ3n) is 3.34. The fourth-order valence-corrected chi connectivity index (χ4v) is 2.29. The zero-order valence-corrected chi connectivity index (χ0v) is 10.7. The van der Waals surface area contributed by atoms with Crippen LogP contribution in [0.3, 0.4) is 0 Å². The first-order valence-electron chi connectivity index (χ1n) is 6.73. The van der Waals surface area contributed by atoms with Crippen LogP contribution in [0.5, 0.6) is 0 Å². The van der Waals surface area contributed by atoms with Crippen LogP contribution in [0, 0.1) is 0 Å². The van der Waals surface area contributed by atoms with E-state index in [1.54, 1.807) is 6.20 Å². The standard InChI is InChI=1S/C14H21N3O/c18-14(6-5-13-4-2-9-16-13)17-10-7-12-3-1-8-15-11-12/h1,3,8,11,13,16H,2,4-7,9-10H2,(H,17,18). The first-order chi connectivity index (χ1) is 8.84. The summed E-state index contributed by atoms with van der Waals surface area (Å²) in [5.41, 5.74) is 1.16. The predicted octanol–water partition coefficient (Wildman–Crippen LogP) is 1.27. The van der Waals surface area contributed by atoms with Crippen molar-refractivity contribution < 1.29 is 4.79 Å². The highest BCUT2D eigenvalue weighted by Gasteiger charge is 2.14. The lowest BCUT2D eigenvalue weighted by Crippen LogP contribution is -2.28. The number of hydrogen-bond acceptors (Lipinski definition) is 3. The van der Waals surface area contributed by atoms with Gasteiger partial charge in [0.25, 0.3) is 0 Å². The van der Waals surface area contributed by atoms with Crippen molar-refractivity contribution in [3.05, 3.63) is 30.1 Å². The van der Waals surface area contributed by atoms with Gasteiger partial charge in [-0.1, -0.05) is 6.07 Å². The summed E-state index contributed by atoms with van der Waals surface area (Å²) in [6.07, 6.45) is 8.49. The van der Waals surface area contributed by atoms with E-state index in [0.717, 1.165) is 24.9 Å². The van der Waals surface area contributed by atoms with Gasteiger partial charge < -0.3 is 10.6 Å². The van der Waals surface area contributed by atoms with Crippen LogP contribution in [-0.4, -0.2) is 30.0 Å². The van der Waals surface area contributed by atoms with Crippen molar-refractivity contribution in [2.75, 3.05) is 13.1 Å². The number of pyridine rings is 1. The van der Waals surface area contributed by atoms with Gasteiger partial charge in [0, 0.05) is 31.4 Å². The largest absolute Gasteiger partial charge is 0.356 e. The van der Waals surface area contributed by atoms with Gasteiger partial charge in [-0.05, 0) is 43.9 Å². The first kappa shape index (κ1) is 13.0. The molecule has 0 bridgehead atoms. The number of rotatable bonds is 6. The lowest BCUT2D eigenvalue weighted by Gasteiger charge is -2.09. The normalized spacial score (nSPS) is 18.8. The fraction of sp³-hybridized carbons (Fsp3) is 0.571. The molecule has 1 fully saturated rings. The predicted molar refractivity (Wildman–Crippen MR) is 71.2 cm³/mol. The topological polar surface area (TPSA) is 54.0 Å². The summed E-state index contributed by atoms with van der Waals surface area (Å²) in [5.74, 6) is 0.160. The van der Waals surface area contributed by atoms with E-state index >= 15 is 0 Å². The summed E-state index contributed by atoms with van der Waals surface area (Å²) >= 11 is 0. The maximum absolute atomic E-state index is 11.6. The summed E-state index contributed by atoms with van der Waals surface area (Å²) in [6, 6.07) is 4.50. The Bertz CT molecular complexity index is 361. The van der Waals surface area contributed by atoms with Gasteiger partial charge in [0.1, 0.15) is 0 Å². The zero-order valence-electron chi connectivity index (χ0n) is 10.7. The Morgan fingerprint density at radius 3 is 3.22 bits per heavy atom. The maximum atomic E-state index is 11.6. The molecule has 1 aromatic heterocycles. The van der Waals surface area contributed by atoms with Crippen molar-refractivity contribution in [3.8, 4) is 0 Å². The van der Waals surface area contributed by atoms with Crippen LogP contribution in [0.1, 0.15) is 31.2 Å². The van der Waals surface area contributed by atoms with Gasteiger partial charge >= 0.3 is 0 Å². The average molecular weight is 247 g/mol. The van der Waals surface area contributed by atoms with Gasteiger partial charge in [-0.3, -0.25) is 9.78 Å². The van der Waals surface area contributed by atoms with E-state index in [9.17, 15) is 4.79 Å². The molecule has 1 aromatic rings. The highest BCUT2D eigenvalue weighted by Crippen LogP contribution is 2.10. The minimum Gasteiger partial charge on any atom is -0.356 e. The third-order valence-corrected chi connectivity index (χ3v) is 3.34. The lowest BCUT2D eigenvalue weighted by molar-refractivity contribution is -0.121. The van der Waals surface area contributed by atoms with Crippen LogP contribution in [0.25, 0.3) is 0 Å². The molecule has 2 heterocycles. The van der Waals surface area contributed by atoms with Gasteiger partial charge in [-0.2, -0.15) is 0 Å². The minimum atomic E-state index is 0.160. The van der Waals surface area contributed by atoms with Crippen molar-refractivity contribution in [1.82, 2.24) is 15.6 Å². The molecule has 1 saturated heterocycles. The SMILES string of the molecule is O=C(CCC1CCCN1)NCCc1cccnc1. The molecule has 1 unspecified atom stereocenters. The highest BCUT2D eigenvalue weighted by atomic mass is 16.1. The van der Waals surface area contributed by atoms with E-state index in [-0.39, 0.29) is 5.91 Å². The van der Waals surface area contributed by atoms with Gasteiger partial charge in [0.05, 0.1) is 0 Å². The molecule has 0 spiro atoms. The van der Waals surface area contributed by atoms with Crippen molar-refractivity contribution in [3.63, 3.8) is 0 Å². The molecule has 98 valence electrons. The highest BCUT2D eigenvalue weighted by molar-refractivity contribution is 5.75. The molecular weight excluding hydrogens is 226 g/mol. The van der Waals surface area contributed by atoms with E-state index in [1.807, 2.05) is 18.3 Å². The monoisotopic (exact) mass is 247 g/mol. The van der Waals surface area contributed by atoms with E-state index < -0.39 is 0 Å². The van der Waals surface area contributed by atoms with Crippen LogP contribution in [0.2, 0.25) is 0 Å². The van der Waals surface area contributed by atoms with Crippen LogP contribution in [-0.2, 0) is 11.2 Å². The van der Waals surface area contributed by atoms with Gasteiger partial charge in [0.15, 0.2) is 0 Å². The molecule has 1 aliphatic rings. The van der Waals surface area contributed by atoms with E-state index in [0.29, 0.717) is 19.0 Å². The molecule has 2 N–H and O–H groups in total. The molecule has 4 heteroatoms. The Hall–Kier alpha value is -1.42. The van der Waals surface area contributed by atoms with E-state index in [1.165, 1.54) is 12.8 Å². The smallest absolute Gasteiger partial charge is 0.220 e. The second kappa shape index (κ2) is 7.11. The average Bonchev–Trinajstić information content (AvgIpc) is 2.91. The van der Waals surface area contributed by atoms with E-state index in [2.05, 4.69) is 15.6 Å². The van der Waals surface area contributed by atoms with E-state index in [4.69, 9.17) is 0 Å². The van der Waals surface area contributed by atoms with Crippen LogP contribution < -0.4 is 10.6 Å². The Morgan fingerprint density at radius 1 is 1.56 bits per heavy atom. The van der Waals surface area contributed by atoms with Crippen molar-refractivity contribution >= 4 is 5.91 Å². The zero-order chi connectivity index (χ0) is 12.6. The summed E-state index contributed by atoms with van der Waals surface area (Å²) in [5, 5.41) is 6.37. The number of nitrogens with zero attached hydrogens (tertiary/aromatic N) is 1. The number of aromatic nitrogens is 1. The van der Waals surface area contributed by atoms with Crippen molar-refractivity contribution in [1.29, 1.82) is 0 Å². The molecule has 2 rings (SSSR count). The Morgan fingerprint density at radius 2 is 2.50 bits per heavy atom. The molecule has 0 aromatic carbocycles. The summed E-state index contributed by atoms with van der Waals surface area (Å²) < 4.78 is 0. The second-order valence-corrected chi connectivity index (χ2v) is 4.79. The molecule has 18 heavy (non-hydrogen) atoms.